The Morgan fingerprint density at radius 3 is 2.62 bits per heavy atom. The number of carbonyl (C=O) groups is 1. The summed E-state index contributed by atoms with van der Waals surface area (Å²) in [4.78, 5) is 11.7. The van der Waals surface area contributed by atoms with Crippen molar-refractivity contribution < 1.29 is 4.79 Å². The minimum absolute atomic E-state index is 0.394. The molecule has 1 nitrogen and oxygen atoms in total. The molecule has 0 fully saturated rings. The summed E-state index contributed by atoms with van der Waals surface area (Å²) in [6.45, 7) is 4.33. The van der Waals surface area contributed by atoms with Crippen LogP contribution in [0, 0.1) is 0 Å². The van der Waals surface area contributed by atoms with Crippen molar-refractivity contribution in [3.63, 3.8) is 0 Å². The first-order valence-electron chi connectivity index (χ1n) is 6.62. The van der Waals surface area contributed by atoms with E-state index in [4.69, 9.17) is 0 Å². The molecule has 90 valence electrons. The molecule has 1 aliphatic rings. The summed E-state index contributed by atoms with van der Waals surface area (Å²) in [5, 5.41) is 0. The molecule has 0 aliphatic heterocycles. The third-order valence-electron chi connectivity index (χ3n) is 3.26. The average molecular weight is 220 g/mol. The van der Waals surface area contributed by atoms with Crippen molar-refractivity contribution in [1.29, 1.82) is 0 Å². The van der Waals surface area contributed by atoms with E-state index < -0.39 is 0 Å². The van der Waals surface area contributed by atoms with Gasteiger partial charge >= 0.3 is 0 Å². The first-order valence-corrected chi connectivity index (χ1v) is 6.62. The molecule has 0 aromatic heterocycles. The van der Waals surface area contributed by atoms with Crippen LogP contribution in [0.2, 0.25) is 0 Å². The Hall–Kier alpha value is -0.850. The fraction of sp³-hybridized carbons (Fsp3) is 0.667. The number of unbranched alkanes of at least 4 members (excludes halogenated alkanes) is 2. The lowest BCUT2D eigenvalue weighted by Gasteiger charge is -2.15. The predicted octanol–water partition coefficient (Wildman–Crippen LogP) is 4.58. The van der Waals surface area contributed by atoms with Crippen molar-refractivity contribution in [1.82, 2.24) is 0 Å². The Morgan fingerprint density at radius 2 is 1.94 bits per heavy atom. The maximum Gasteiger partial charge on any atom is 0.158 e. The van der Waals surface area contributed by atoms with Crippen molar-refractivity contribution in [3.8, 4) is 0 Å². The van der Waals surface area contributed by atoms with Crippen molar-refractivity contribution in [2.45, 2.75) is 65.2 Å². The van der Waals surface area contributed by atoms with Crippen LogP contribution in [0.1, 0.15) is 65.2 Å². The molecule has 0 radical (unpaired) electrons. The normalized spacial score (nSPS) is 17.5. The number of Topliss-reactive ketones (excluding diaryl/α,β-unsaturated/α-hetero) is 1. The van der Waals surface area contributed by atoms with Crippen molar-refractivity contribution >= 4 is 5.78 Å². The largest absolute Gasteiger partial charge is 0.295 e. The second-order valence-electron chi connectivity index (χ2n) is 4.69. The number of hydrogen-bond acceptors (Lipinski definition) is 1. The van der Waals surface area contributed by atoms with Crippen LogP contribution in [0.15, 0.2) is 23.3 Å². The van der Waals surface area contributed by atoms with Gasteiger partial charge in [-0.05, 0) is 44.6 Å². The molecule has 1 heteroatoms. The molecule has 0 spiro atoms. The van der Waals surface area contributed by atoms with Crippen LogP contribution in [-0.2, 0) is 4.79 Å². The highest BCUT2D eigenvalue weighted by Gasteiger charge is 2.16. The van der Waals surface area contributed by atoms with Crippen LogP contribution in [0.3, 0.4) is 0 Å². The fourth-order valence-electron chi connectivity index (χ4n) is 2.19. The van der Waals surface area contributed by atoms with E-state index in [0.717, 1.165) is 37.7 Å². The van der Waals surface area contributed by atoms with Crippen LogP contribution in [0.5, 0.6) is 0 Å². The second kappa shape index (κ2) is 7.43. The molecule has 0 N–H and O–H groups in total. The maximum atomic E-state index is 11.7. The monoisotopic (exact) mass is 220 g/mol. The quantitative estimate of drug-likeness (QED) is 0.473. The average Bonchev–Trinajstić information content (AvgIpc) is 2.26. The van der Waals surface area contributed by atoms with Gasteiger partial charge in [0.25, 0.3) is 0 Å². The van der Waals surface area contributed by atoms with Crippen LogP contribution in [0.4, 0.5) is 0 Å². The molecule has 1 rings (SSSR count). The van der Waals surface area contributed by atoms with E-state index >= 15 is 0 Å². The van der Waals surface area contributed by atoms with E-state index in [9.17, 15) is 4.79 Å². The van der Waals surface area contributed by atoms with E-state index in [-0.39, 0.29) is 0 Å². The van der Waals surface area contributed by atoms with Crippen LogP contribution in [0.25, 0.3) is 0 Å². The lowest BCUT2D eigenvalue weighted by atomic mass is 9.89. The van der Waals surface area contributed by atoms with Gasteiger partial charge in [0.1, 0.15) is 0 Å². The highest BCUT2D eigenvalue weighted by molar-refractivity contribution is 5.96. The third kappa shape index (κ3) is 4.34. The Morgan fingerprint density at radius 1 is 1.19 bits per heavy atom. The zero-order chi connectivity index (χ0) is 11.8. The van der Waals surface area contributed by atoms with Gasteiger partial charge in [-0.3, -0.25) is 4.79 Å². The van der Waals surface area contributed by atoms with E-state index in [1.165, 1.54) is 24.8 Å². The highest BCUT2D eigenvalue weighted by atomic mass is 16.1. The van der Waals surface area contributed by atoms with E-state index in [1.54, 1.807) is 0 Å². The van der Waals surface area contributed by atoms with Gasteiger partial charge < -0.3 is 0 Å². The summed E-state index contributed by atoms with van der Waals surface area (Å²) in [7, 11) is 0. The fourth-order valence-corrected chi connectivity index (χ4v) is 2.19. The van der Waals surface area contributed by atoms with Gasteiger partial charge in [0.15, 0.2) is 5.78 Å². The first-order chi connectivity index (χ1) is 7.75. The van der Waals surface area contributed by atoms with Gasteiger partial charge in [0.2, 0.25) is 0 Å². The van der Waals surface area contributed by atoms with E-state index in [0.29, 0.717) is 5.78 Å². The number of carbonyl (C=O) groups excluding carboxylic acids is 1. The molecule has 0 aromatic carbocycles. The zero-order valence-corrected chi connectivity index (χ0v) is 10.7. The van der Waals surface area contributed by atoms with Gasteiger partial charge in [-0.25, -0.2) is 0 Å². The molecular weight excluding hydrogens is 196 g/mol. The van der Waals surface area contributed by atoms with E-state index in [2.05, 4.69) is 26.0 Å². The molecule has 0 saturated carbocycles. The number of allylic oxidation sites excluding steroid dienone is 4. The molecule has 0 heterocycles. The van der Waals surface area contributed by atoms with Gasteiger partial charge in [-0.2, -0.15) is 0 Å². The van der Waals surface area contributed by atoms with Gasteiger partial charge in [-0.1, -0.05) is 37.5 Å². The summed E-state index contributed by atoms with van der Waals surface area (Å²) in [5.74, 6) is 0.394. The van der Waals surface area contributed by atoms with Crippen molar-refractivity contribution in [3.05, 3.63) is 23.3 Å². The standard InChI is InChI=1S/C15H24O/c1-3-4-5-6-7-8-11-14-13(2)10-9-12-15(14)16/h6-7H,3-5,8-12H2,1-2H3/b7-6+. The SMILES string of the molecule is CCCC/C=C/CCC1=C(C)CCCC1=O. The Balaban J connectivity index is 2.31. The number of ketones is 1. The maximum absolute atomic E-state index is 11.7. The molecule has 0 saturated heterocycles. The third-order valence-corrected chi connectivity index (χ3v) is 3.26. The molecule has 0 bridgehead atoms. The van der Waals surface area contributed by atoms with Crippen LogP contribution < -0.4 is 0 Å². The molecule has 0 atom stereocenters. The topological polar surface area (TPSA) is 17.1 Å². The Labute approximate surface area is 99.6 Å². The highest BCUT2D eigenvalue weighted by Crippen LogP contribution is 2.24. The molecule has 0 unspecified atom stereocenters. The van der Waals surface area contributed by atoms with Gasteiger partial charge in [0.05, 0.1) is 0 Å². The lowest BCUT2D eigenvalue weighted by Crippen LogP contribution is -2.10. The zero-order valence-electron chi connectivity index (χ0n) is 10.7. The Bertz CT molecular complexity index is 284. The molecule has 1 aliphatic carbocycles. The minimum Gasteiger partial charge on any atom is -0.295 e. The Kier molecular flexibility index (Phi) is 6.14. The molecule has 16 heavy (non-hydrogen) atoms. The predicted molar refractivity (Wildman–Crippen MR) is 69.5 cm³/mol. The molecule has 0 amide bonds. The summed E-state index contributed by atoms with van der Waals surface area (Å²) in [5.41, 5.74) is 2.45. The second-order valence-corrected chi connectivity index (χ2v) is 4.69. The minimum atomic E-state index is 0.394. The van der Waals surface area contributed by atoms with Crippen molar-refractivity contribution in [2.75, 3.05) is 0 Å². The first kappa shape index (κ1) is 13.2. The summed E-state index contributed by atoms with van der Waals surface area (Å²) < 4.78 is 0. The lowest BCUT2D eigenvalue weighted by molar-refractivity contribution is -0.116. The summed E-state index contributed by atoms with van der Waals surface area (Å²) >= 11 is 0. The van der Waals surface area contributed by atoms with Crippen LogP contribution in [-0.4, -0.2) is 5.78 Å². The summed E-state index contributed by atoms with van der Waals surface area (Å²) in [6.07, 6.45) is 13.1. The smallest absolute Gasteiger partial charge is 0.158 e. The number of rotatable bonds is 6. The molecular formula is C15H24O. The van der Waals surface area contributed by atoms with Gasteiger partial charge in [-0.15, -0.1) is 0 Å². The van der Waals surface area contributed by atoms with Gasteiger partial charge in [0, 0.05) is 6.42 Å². The van der Waals surface area contributed by atoms with E-state index in [1.807, 2.05) is 0 Å². The summed E-state index contributed by atoms with van der Waals surface area (Å²) in [6, 6.07) is 0. The molecule has 0 aromatic rings. The van der Waals surface area contributed by atoms with Crippen LogP contribution >= 0.6 is 0 Å². The van der Waals surface area contributed by atoms with Crippen molar-refractivity contribution in [2.24, 2.45) is 0 Å². The number of hydrogen-bond donors (Lipinski definition) is 0.